The van der Waals surface area contributed by atoms with Crippen molar-refractivity contribution in [1.29, 1.82) is 0 Å². The van der Waals surface area contributed by atoms with Crippen molar-refractivity contribution in [1.82, 2.24) is 0 Å². The molecule has 2 atom stereocenters. The van der Waals surface area contributed by atoms with E-state index in [0.29, 0.717) is 6.04 Å². The Hall–Kier alpha value is 0.140. The fraction of sp³-hybridized carbons (Fsp3) is 0.600. The van der Waals surface area contributed by atoms with Crippen molar-refractivity contribution in [2.45, 2.75) is 37.6 Å². The molecular weight excluding hydrogens is 246 g/mol. The molecule has 1 nitrogen and oxygen atoms in total. The molecule has 1 aromatic rings. The summed E-state index contributed by atoms with van der Waals surface area (Å²) in [5.41, 5.74) is 5.96. The Morgan fingerprint density at radius 1 is 1.38 bits per heavy atom. The van der Waals surface area contributed by atoms with Gasteiger partial charge in [-0.05, 0) is 53.2 Å². The first kappa shape index (κ1) is 9.69. The second-order valence-electron chi connectivity index (χ2n) is 3.77. The van der Waals surface area contributed by atoms with E-state index in [0.717, 1.165) is 5.92 Å². The van der Waals surface area contributed by atoms with E-state index < -0.39 is 0 Å². The highest BCUT2D eigenvalue weighted by atomic mass is 79.9. The first-order valence-corrected chi connectivity index (χ1v) is 6.37. The number of thiophene rings is 1. The number of hydrogen-bond acceptors (Lipinski definition) is 2. The number of halogens is 1. The largest absolute Gasteiger partial charge is 0.328 e. The molecule has 0 spiro atoms. The third kappa shape index (κ3) is 2.33. The molecule has 0 aliphatic heterocycles. The van der Waals surface area contributed by atoms with Crippen molar-refractivity contribution in [3.63, 3.8) is 0 Å². The highest BCUT2D eigenvalue weighted by molar-refractivity contribution is 9.11. The zero-order valence-corrected chi connectivity index (χ0v) is 9.90. The zero-order chi connectivity index (χ0) is 9.26. The lowest BCUT2D eigenvalue weighted by Gasteiger charge is -2.25. The van der Waals surface area contributed by atoms with Gasteiger partial charge in [-0.1, -0.05) is 6.42 Å². The van der Waals surface area contributed by atoms with Gasteiger partial charge in [-0.15, -0.1) is 11.3 Å². The molecule has 0 bridgehead atoms. The summed E-state index contributed by atoms with van der Waals surface area (Å²) in [4.78, 5) is 1.50. The molecule has 72 valence electrons. The minimum Gasteiger partial charge on any atom is -0.328 e. The van der Waals surface area contributed by atoms with Crippen LogP contribution in [0.3, 0.4) is 0 Å². The van der Waals surface area contributed by atoms with Crippen LogP contribution in [-0.4, -0.2) is 6.04 Å². The van der Waals surface area contributed by atoms with Crippen molar-refractivity contribution in [2.75, 3.05) is 0 Å². The maximum atomic E-state index is 5.96. The van der Waals surface area contributed by atoms with E-state index in [-0.39, 0.29) is 0 Å². The molecule has 2 rings (SSSR count). The van der Waals surface area contributed by atoms with Crippen LogP contribution >= 0.6 is 27.3 Å². The molecule has 2 unspecified atom stereocenters. The van der Waals surface area contributed by atoms with Crippen LogP contribution in [0.2, 0.25) is 0 Å². The average molecular weight is 260 g/mol. The number of hydrogen-bond donors (Lipinski definition) is 1. The molecule has 0 radical (unpaired) electrons. The highest BCUT2D eigenvalue weighted by Gasteiger charge is 2.21. The third-order valence-electron chi connectivity index (χ3n) is 2.71. The van der Waals surface area contributed by atoms with Crippen molar-refractivity contribution in [3.8, 4) is 0 Å². The van der Waals surface area contributed by atoms with Gasteiger partial charge >= 0.3 is 0 Å². The third-order valence-corrected chi connectivity index (χ3v) is 4.50. The second-order valence-corrected chi connectivity index (χ2v) is 6.26. The Morgan fingerprint density at radius 2 is 2.23 bits per heavy atom. The fourth-order valence-corrected chi connectivity index (χ4v) is 3.60. The minimum atomic E-state index is 0.430. The molecule has 13 heavy (non-hydrogen) atoms. The van der Waals surface area contributed by atoms with Crippen molar-refractivity contribution in [3.05, 3.63) is 20.8 Å². The predicted octanol–water partition coefficient (Wildman–Crippen LogP) is 3.50. The molecule has 0 aromatic carbocycles. The van der Waals surface area contributed by atoms with E-state index in [2.05, 4.69) is 28.1 Å². The molecular formula is C10H14BrNS. The Labute approximate surface area is 91.5 Å². The summed E-state index contributed by atoms with van der Waals surface area (Å²) in [7, 11) is 0. The quantitative estimate of drug-likeness (QED) is 0.821. The van der Waals surface area contributed by atoms with Crippen LogP contribution in [-0.2, 0) is 0 Å². The van der Waals surface area contributed by atoms with Gasteiger partial charge in [0.25, 0.3) is 0 Å². The minimum absolute atomic E-state index is 0.430. The standard InChI is InChI=1S/C10H14BrNS/c11-10-5-4-9(13-10)7-2-1-3-8(12)6-7/h4-5,7-8H,1-3,6,12H2. The van der Waals surface area contributed by atoms with E-state index in [1.807, 2.05) is 11.3 Å². The lowest BCUT2D eigenvalue weighted by Crippen LogP contribution is -2.26. The van der Waals surface area contributed by atoms with Gasteiger partial charge in [0, 0.05) is 10.9 Å². The van der Waals surface area contributed by atoms with E-state index in [4.69, 9.17) is 5.73 Å². The van der Waals surface area contributed by atoms with Crippen LogP contribution in [0.5, 0.6) is 0 Å². The van der Waals surface area contributed by atoms with Crippen molar-refractivity contribution >= 4 is 27.3 Å². The SMILES string of the molecule is NC1CCCC(c2ccc(Br)s2)C1. The van der Waals surface area contributed by atoms with Crippen LogP contribution in [0, 0.1) is 0 Å². The Morgan fingerprint density at radius 3 is 2.85 bits per heavy atom. The lowest BCUT2D eigenvalue weighted by atomic mass is 9.85. The Balaban J connectivity index is 2.08. The molecule has 1 fully saturated rings. The molecule has 1 aromatic heterocycles. The summed E-state index contributed by atoms with van der Waals surface area (Å²) in [6.07, 6.45) is 5.00. The molecule has 3 heteroatoms. The topological polar surface area (TPSA) is 26.0 Å². The number of rotatable bonds is 1. The van der Waals surface area contributed by atoms with Gasteiger partial charge in [0.05, 0.1) is 3.79 Å². The maximum Gasteiger partial charge on any atom is 0.0701 e. The van der Waals surface area contributed by atoms with Crippen LogP contribution in [0.25, 0.3) is 0 Å². The van der Waals surface area contributed by atoms with Gasteiger partial charge < -0.3 is 5.73 Å². The molecule has 0 amide bonds. The smallest absolute Gasteiger partial charge is 0.0701 e. The molecule has 1 aliphatic rings. The number of nitrogens with two attached hydrogens (primary N) is 1. The summed E-state index contributed by atoms with van der Waals surface area (Å²) >= 11 is 5.36. The molecule has 1 saturated carbocycles. The summed E-state index contributed by atoms with van der Waals surface area (Å²) in [6, 6.07) is 4.80. The Bertz CT molecular complexity index is 284. The van der Waals surface area contributed by atoms with Crippen molar-refractivity contribution < 1.29 is 0 Å². The molecule has 0 saturated heterocycles. The van der Waals surface area contributed by atoms with Crippen LogP contribution < -0.4 is 5.73 Å². The van der Waals surface area contributed by atoms with Gasteiger partial charge in [0.2, 0.25) is 0 Å². The first-order valence-electron chi connectivity index (χ1n) is 4.76. The first-order chi connectivity index (χ1) is 6.25. The normalized spacial score (nSPS) is 29.1. The van der Waals surface area contributed by atoms with E-state index >= 15 is 0 Å². The van der Waals surface area contributed by atoms with Gasteiger partial charge in [0.1, 0.15) is 0 Å². The second kappa shape index (κ2) is 4.11. The van der Waals surface area contributed by atoms with Crippen molar-refractivity contribution in [2.24, 2.45) is 5.73 Å². The molecule has 1 heterocycles. The molecule has 2 N–H and O–H groups in total. The summed E-state index contributed by atoms with van der Waals surface area (Å²) in [5, 5.41) is 0. The average Bonchev–Trinajstić information content (AvgIpc) is 2.52. The van der Waals surface area contributed by atoms with E-state index in [1.165, 1.54) is 34.3 Å². The van der Waals surface area contributed by atoms with Gasteiger partial charge in [-0.25, -0.2) is 0 Å². The fourth-order valence-electron chi connectivity index (χ4n) is 2.03. The zero-order valence-electron chi connectivity index (χ0n) is 7.50. The van der Waals surface area contributed by atoms with Gasteiger partial charge in [-0.3, -0.25) is 0 Å². The van der Waals surface area contributed by atoms with Crippen LogP contribution in [0.4, 0.5) is 0 Å². The van der Waals surface area contributed by atoms with Crippen LogP contribution in [0.15, 0.2) is 15.9 Å². The highest BCUT2D eigenvalue weighted by Crippen LogP contribution is 2.37. The van der Waals surface area contributed by atoms with Crippen LogP contribution in [0.1, 0.15) is 36.5 Å². The van der Waals surface area contributed by atoms with Gasteiger partial charge in [0.15, 0.2) is 0 Å². The van der Waals surface area contributed by atoms with Gasteiger partial charge in [-0.2, -0.15) is 0 Å². The van der Waals surface area contributed by atoms with E-state index in [9.17, 15) is 0 Å². The maximum absolute atomic E-state index is 5.96. The lowest BCUT2D eigenvalue weighted by molar-refractivity contribution is 0.397. The Kier molecular flexibility index (Phi) is 3.06. The monoisotopic (exact) mass is 259 g/mol. The summed E-state index contributed by atoms with van der Waals surface area (Å²) < 4.78 is 1.24. The summed E-state index contributed by atoms with van der Waals surface area (Å²) in [6.45, 7) is 0. The van der Waals surface area contributed by atoms with E-state index in [1.54, 1.807) is 0 Å². The predicted molar refractivity (Wildman–Crippen MR) is 61.2 cm³/mol. The summed E-state index contributed by atoms with van der Waals surface area (Å²) in [5.74, 6) is 0.722. The molecule has 1 aliphatic carbocycles.